The number of nitrogens with two attached hydrogens (primary N) is 1. The molecule has 1 aromatic rings. The minimum Gasteiger partial charge on any atom is -0.393 e. The Balaban J connectivity index is 2.46. The summed E-state index contributed by atoms with van der Waals surface area (Å²) in [5, 5.41) is 12.2. The number of aliphatic hydroxyl groups excluding tert-OH is 1. The van der Waals surface area contributed by atoms with Crippen LogP contribution in [0.1, 0.15) is 23.7 Å². The molecule has 0 bridgehead atoms. The van der Waals surface area contributed by atoms with E-state index < -0.39 is 5.91 Å². The summed E-state index contributed by atoms with van der Waals surface area (Å²) < 4.78 is 0. The van der Waals surface area contributed by atoms with Crippen LogP contribution in [0.25, 0.3) is 0 Å². The van der Waals surface area contributed by atoms with E-state index in [0.29, 0.717) is 18.5 Å². The lowest BCUT2D eigenvalue weighted by molar-refractivity contribution is 0.100. The highest BCUT2D eigenvalue weighted by atomic mass is 16.3. The lowest BCUT2D eigenvalue weighted by atomic mass is 10.2. The van der Waals surface area contributed by atoms with Gasteiger partial charge < -0.3 is 16.2 Å². The number of carbonyl (C=O) groups excluding carboxylic acids is 1. The number of aliphatic hydroxyl groups is 1. The van der Waals surface area contributed by atoms with E-state index in [1.807, 2.05) is 0 Å². The van der Waals surface area contributed by atoms with Crippen molar-refractivity contribution < 1.29 is 9.90 Å². The molecule has 82 valence electrons. The molecule has 0 saturated heterocycles. The van der Waals surface area contributed by atoms with E-state index in [1.54, 1.807) is 31.2 Å². The molecule has 0 fully saturated rings. The van der Waals surface area contributed by atoms with E-state index in [0.717, 1.165) is 5.69 Å². The molecular formula is C11H16N2O2. The highest BCUT2D eigenvalue weighted by Gasteiger charge is 1.99. The quantitative estimate of drug-likeness (QED) is 0.675. The molecule has 1 unspecified atom stereocenters. The van der Waals surface area contributed by atoms with Crippen LogP contribution in [0.4, 0.5) is 5.69 Å². The molecule has 0 aliphatic carbocycles. The number of primary amides is 1. The summed E-state index contributed by atoms with van der Waals surface area (Å²) >= 11 is 0. The van der Waals surface area contributed by atoms with Crippen LogP contribution in [0.5, 0.6) is 0 Å². The third-order valence-electron chi connectivity index (χ3n) is 2.06. The van der Waals surface area contributed by atoms with Crippen LogP contribution >= 0.6 is 0 Å². The van der Waals surface area contributed by atoms with Gasteiger partial charge in [0, 0.05) is 17.8 Å². The van der Waals surface area contributed by atoms with Gasteiger partial charge in [0.15, 0.2) is 0 Å². The van der Waals surface area contributed by atoms with Crippen molar-refractivity contribution in [3.63, 3.8) is 0 Å². The fourth-order valence-corrected chi connectivity index (χ4v) is 1.18. The minimum absolute atomic E-state index is 0.303. The Kier molecular flexibility index (Phi) is 4.12. The Morgan fingerprint density at radius 1 is 1.47 bits per heavy atom. The predicted molar refractivity (Wildman–Crippen MR) is 59.7 cm³/mol. The van der Waals surface area contributed by atoms with Crippen LogP contribution in [-0.4, -0.2) is 23.7 Å². The number of amides is 1. The van der Waals surface area contributed by atoms with Gasteiger partial charge in [-0.25, -0.2) is 0 Å². The van der Waals surface area contributed by atoms with Crippen molar-refractivity contribution in [2.24, 2.45) is 5.73 Å². The number of anilines is 1. The second-order valence-corrected chi connectivity index (χ2v) is 3.51. The van der Waals surface area contributed by atoms with Crippen molar-refractivity contribution in [2.45, 2.75) is 19.4 Å². The molecule has 0 spiro atoms. The van der Waals surface area contributed by atoms with E-state index in [2.05, 4.69) is 5.32 Å². The Morgan fingerprint density at radius 2 is 2.07 bits per heavy atom. The van der Waals surface area contributed by atoms with E-state index in [1.165, 1.54) is 0 Å². The zero-order chi connectivity index (χ0) is 11.3. The van der Waals surface area contributed by atoms with Gasteiger partial charge in [-0.2, -0.15) is 0 Å². The number of benzene rings is 1. The molecule has 0 saturated carbocycles. The topological polar surface area (TPSA) is 75.3 Å². The maximum absolute atomic E-state index is 10.8. The molecule has 0 aromatic heterocycles. The SMILES string of the molecule is CC(O)CCNc1ccc(C(N)=O)cc1. The summed E-state index contributed by atoms with van der Waals surface area (Å²) in [6.07, 6.45) is 0.389. The summed E-state index contributed by atoms with van der Waals surface area (Å²) in [4.78, 5) is 10.8. The number of carbonyl (C=O) groups is 1. The fourth-order valence-electron chi connectivity index (χ4n) is 1.18. The molecule has 0 radical (unpaired) electrons. The zero-order valence-electron chi connectivity index (χ0n) is 8.73. The predicted octanol–water partition coefficient (Wildman–Crippen LogP) is 0.968. The molecule has 0 aliphatic heterocycles. The third kappa shape index (κ3) is 3.99. The normalized spacial score (nSPS) is 12.1. The van der Waals surface area contributed by atoms with E-state index in [-0.39, 0.29) is 6.10 Å². The summed E-state index contributed by atoms with van der Waals surface area (Å²) in [5.41, 5.74) is 6.52. The molecule has 4 nitrogen and oxygen atoms in total. The molecule has 1 atom stereocenters. The first-order chi connectivity index (χ1) is 7.09. The van der Waals surface area contributed by atoms with Crippen LogP contribution in [-0.2, 0) is 0 Å². The lowest BCUT2D eigenvalue weighted by Gasteiger charge is -2.07. The summed E-state index contributed by atoms with van der Waals surface area (Å²) in [6, 6.07) is 6.93. The highest BCUT2D eigenvalue weighted by molar-refractivity contribution is 5.93. The minimum atomic E-state index is -0.425. The van der Waals surface area contributed by atoms with Crippen molar-refractivity contribution in [3.8, 4) is 0 Å². The molecule has 1 rings (SSSR count). The van der Waals surface area contributed by atoms with Gasteiger partial charge in [0.25, 0.3) is 0 Å². The highest BCUT2D eigenvalue weighted by Crippen LogP contribution is 2.09. The number of rotatable bonds is 5. The maximum Gasteiger partial charge on any atom is 0.248 e. The molecule has 0 heterocycles. The summed E-state index contributed by atoms with van der Waals surface area (Å²) in [5.74, 6) is -0.425. The smallest absolute Gasteiger partial charge is 0.248 e. The van der Waals surface area contributed by atoms with Gasteiger partial charge in [0.1, 0.15) is 0 Å². The first-order valence-corrected chi connectivity index (χ1v) is 4.91. The Morgan fingerprint density at radius 3 is 2.53 bits per heavy atom. The molecule has 4 heteroatoms. The standard InChI is InChI=1S/C11H16N2O2/c1-8(14)6-7-13-10-4-2-9(3-5-10)11(12)15/h2-5,8,13-14H,6-7H2,1H3,(H2,12,15). The van der Waals surface area contributed by atoms with Crippen molar-refractivity contribution >= 4 is 11.6 Å². The second-order valence-electron chi connectivity index (χ2n) is 3.51. The van der Waals surface area contributed by atoms with Gasteiger partial charge in [-0.1, -0.05) is 0 Å². The largest absolute Gasteiger partial charge is 0.393 e. The molecule has 0 aliphatic rings. The van der Waals surface area contributed by atoms with E-state index in [4.69, 9.17) is 10.8 Å². The molecule has 4 N–H and O–H groups in total. The van der Waals surface area contributed by atoms with Gasteiger partial charge in [-0.3, -0.25) is 4.79 Å². The van der Waals surface area contributed by atoms with Crippen molar-refractivity contribution in [3.05, 3.63) is 29.8 Å². The number of hydrogen-bond donors (Lipinski definition) is 3. The van der Waals surface area contributed by atoms with Crippen molar-refractivity contribution in [1.29, 1.82) is 0 Å². The maximum atomic E-state index is 10.8. The fraction of sp³-hybridized carbons (Fsp3) is 0.364. The van der Waals surface area contributed by atoms with Gasteiger partial charge in [0.05, 0.1) is 6.10 Å². The van der Waals surface area contributed by atoms with Crippen LogP contribution < -0.4 is 11.1 Å². The van der Waals surface area contributed by atoms with Gasteiger partial charge in [0.2, 0.25) is 5.91 Å². The van der Waals surface area contributed by atoms with Gasteiger partial charge in [-0.15, -0.1) is 0 Å². The molecule has 1 aromatic carbocycles. The number of nitrogens with one attached hydrogen (secondary N) is 1. The molecular weight excluding hydrogens is 192 g/mol. The van der Waals surface area contributed by atoms with Gasteiger partial charge >= 0.3 is 0 Å². The summed E-state index contributed by atoms with van der Waals surface area (Å²) in [6.45, 7) is 2.45. The number of hydrogen-bond acceptors (Lipinski definition) is 3. The van der Waals surface area contributed by atoms with E-state index >= 15 is 0 Å². The van der Waals surface area contributed by atoms with Crippen LogP contribution in [0.3, 0.4) is 0 Å². The van der Waals surface area contributed by atoms with Crippen molar-refractivity contribution in [1.82, 2.24) is 0 Å². The Hall–Kier alpha value is -1.55. The van der Waals surface area contributed by atoms with Crippen molar-refractivity contribution in [2.75, 3.05) is 11.9 Å². The van der Waals surface area contributed by atoms with Gasteiger partial charge in [-0.05, 0) is 37.6 Å². The Labute approximate surface area is 89.1 Å². The average Bonchev–Trinajstić information content (AvgIpc) is 2.18. The lowest BCUT2D eigenvalue weighted by Crippen LogP contribution is -2.11. The van der Waals surface area contributed by atoms with E-state index in [9.17, 15) is 4.79 Å². The zero-order valence-corrected chi connectivity index (χ0v) is 8.73. The molecule has 15 heavy (non-hydrogen) atoms. The van der Waals surface area contributed by atoms with Crippen LogP contribution in [0.2, 0.25) is 0 Å². The first-order valence-electron chi connectivity index (χ1n) is 4.91. The monoisotopic (exact) mass is 208 g/mol. The molecule has 1 amide bonds. The van der Waals surface area contributed by atoms with Crippen LogP contribution in [0.15, 0.2) is 24.3 Å². The van der Waals surface area contributed by atoms with Crippen LogP contribution in [0, 0.1) is 0 Å². The third-order valence-corrected chi connectivity index (χ3v) is 2.06. The second kappa shape index (κ2) is 5.36. The summed E-state index contributed by atoms with van der Waals surface area (Å²) in [7, 11) is 0. The average molecular weight is 208 g/mol. The first kappa shape index (κ1) is 11.5. The Bertz CT molecular complexity index is 320.